The third-order valence-electron chi connectivity index (χ3n) is 5.42. The van der Waals surface area contributed by atoms with Crippen molar-refractivity contribution in [2.24, 2.45) is 0 Å². The molecule has 33 heavy (non-hydrogen) atoms. The molecule has 7 nitrogen and oxygen atoms in total. The molecule has 2 heterocycles. The number of amides is 1. The van der Waals surface area contributed by atoms with E-state index in [9.17, 15) is 10.1 Å². The van der Waals surface area contributed by atoms with Crippen molar-refractivity contribution in [2.75, 3.05) is 11.1 Å². The second-order valence-electron chi connectivity index (χ2n) is 7.66. The Labute approximate surface area is 209 Å². The van der Waals surface area contributed by atoms with Gasteiger partial charge < -0.3 is 14.6 Å². The summed E-state index contributed by atoms with van der Waals surface area (Å²) in [6, 6.07) is 9.92. The maximum absolute atomic E-state index is 12.7. The van der Waals surface area contributed by atoms with Crippen LogP contribution in [0.5, 0.6) is 5.75 Å². The van der Waals surface area contributed by atoms with Gasteiger partial charge in [0.25, 0.3) is 0 Å². The maximum atomic E-state index is 12.7. The van der Waals surface area contributed by atoms with Crippen molar-refractivity contribution in [1.82, 2.24) is 14.8 Å². The Morgan fingerprint density at radius 3 is 2.82 bits per heavy atom. The number of anilines is 1. The highest BCUT2D eigenvalue weighted by atomic mass is 79.9. The number of benzene rings is 1. The molecule has 10 heteroatoms. The van der Waals surface area contributed by atoms with Gasteiger partial charge >= 0.3 is 0 Å². The van der Waals surface area contributed by atoms with Crippen molar-refractivity contribution in [1.29, 1.82) is 5.26 Å². The van der Waals surface area contributed by atoms with E-state index >= 15 is 0 Å². The number of hydrogen-bond donors (Lipinski definition) is 1. The van der Waals surface area contributed by atoms with Crippen molar-refractivity contribution in [3.8, 4) is 11.8 Å². The van der Waals surface area contributed by atoms with Crippen LogP contribution in [0.25, 0.3) is 0 Å². The lowest BCUT2D eigenvalue weighted by molar-refractivity contribution is -0.113. The predicted octanol–water partition coefficient (Wildman–Crippen LogP) is 5.74. The van der Waals surface area contributed by atoms with Crippen molar-refractivity contribution < 1.29 is 9.53 Å². The van der Waals surface area contributed by atoms with Gasteiger partial charge in [0.2, 0.25) is 5.91 Å². The van der Waals surface area contributed by atoms with Crippen LogP contribution in [0.1, 0.15) is 54.6 Å². The summed E-state index contributed by atoms with van der Waals surface area (Å²) >= 11 is 6.29. The summed E-state index contributed by atoms with van der Waals surface area (Å²) in [4.78, 5) is 13.9. The number of thioether (sulfide) groups is 1. The highest BCUT2D eigenvalue weighted by Crippen LogP contribution is 2.37. The zero-order chi connectivity index (χ0) is 23.4. The van der Waals surface area contributed by atoms with E-state index in [1.165, 1.54) is 28.0 Å². The van der Waals surface area contributed by atoms with Crippen LogP contribution in [0.15, 0.2) is 33.9 Å². The zero-order valence-corrected chi connectivity index (χ0v) is 21.6. The van der Waals surface area contributed by atoms with Gasteiger partial charge in [0.05, 0.1) is 11.3 Å². The number of nitriles is 1. The first kappa shape index (κ1) is 23.8. The molecule has 1 atom stereocenters. The normalized spacial score (nSPS) is 13.8. The summed E-state index contributed by atoms with van der Waals surface area (Å²) in [6.45, 7) is 4.61. The molecule has 0 radical (unpaired) electrons. The Kier molecular flexibility index (Phi) is 7.73. The molecule has 0 aliphatic heterocycles. The molecule has 1 aliphatic carbocycles. The summed E-state index contributed by atoms with van der Waals surface area (Å²) in [5.74, 6) is 1.49. The molecule has 2 aromatic heterocycles. The van der Waals surface area contributed by atoms with Gasteiger partial charge in [-0.3, -0.25) is 4.79 Å². The minimum Gasteiger partial charge on any atom is -0.483 e. The van der Waals surface area contributed by atoms with E-state index in [1.807, 2.05) is 42.7 Å². The molecule has 0 spiro atoms. The number of carbonyl (C=O) groups excluding carboxylic acids is 1. The molecule has 172 valence electrons. The molecule has 0 saturated heterocycles. The van der Waals surface area contributed by atoms with Gasteiger partial charge in [0.15, 0.2) is 17.1 Å². The topological polar surface area (TPSA) is 92.8 Å². The Hall–Kier alpha value is -2.35. The second kappa shape index (κ2) is 10.7. The van der Waals surface area contributed by atoms with Crippen LogP contribution in [0, 0.1) is 11.3 Å². The van der Waals surface area contributed by atoms with Crippen LogP contribution < -0.4 is 10.1 Å². The molecule has 1 amide bonds. The fourth-order valence-corrected chi connectivity index (χ4v) is 6.17. The van der Waals surface area contributed by atoms with Crippen LogP contribution in [0.2, 0.25) is 0 Å². The predicted molar refractivity (Wildman–Crippen MR) is 134 cm³/mol. The average molecular weight is 547 g/mol. The van der Waals surface area contributed by atoms with E-state index in [0.29, 0.717) is 28.1 Å². The van der Waals surface area contributed by atoms with Crippen molar-refractivity contribution >= 4 is 49.9 Å². The third-order valence-corrected chi connectivity index (χ3v) is 8.12. The maximum Gasteiger partial charge on any atom is 0.235 e. The highest BCUT2D eigenvalue weighted by Gasteiger charge is 2.23. The van der Waals surface area contributed by atoms with E-state index < -0.39 is 0 Å². The molecule has 1 N–H and O–H groups in total. The monoisotopic (exact) mass is 545 g/mol. The largest absolute Gasteiger partial charge is 0.483 e. The Bertz CT molecular complexity index is 1180. The number of hydrogen-bond acceptors (Lipinski definition) is 7. The number of nitrogens with zero attached hydrogens (tertiary/aromatic N) is 4. The van der Waals surface area contributed by atoms with E-state index in [1.54, 1.807) is 0 Å². The summed E-state index contributed by atoms with van der Waals surface area (Å²) < 4.78 is 8.97. The first-order valence-electron chi connectivity index (χ1n) is 10.8. The molecule has 4 rings (SSSR count). The summed E-state index contributed by atoms with van der Waals surface area (Å²) in [5, 5.41) is 22.5. The number of nitrogens with one attached hydrogen (secondary N) is 1. The van der Waals surface area contributed by atoms with Crippen LogP contribution in [-0.2, 0) is 24.2 Å². The van der Waals surface area contributed by atoms with E-state index in [0.717, 1.165) is 41.5 Å². The molecule has 3 aromatic rings. The number of halogens is 1. The lowest BCUT2D eigenvalue weighted by Crippen LogP contribution is -2.15. The van der Waals surface area contributed by atoms with Gasteiger partial charge in [-0.05, 0) is 69.4 Å². The molecule has 0 saturated carbocycles. The Morgan fingerprint density at radius 2 is 2.09 bits per heavy atom. The van der Waals surface area contributed by atoms with Crippen LogP contribution >= 0.6 is 39.0 Å². The van der Waals surface area contributed by atoms with Gasteiger partial charge in [-0.15, -0.1) is 21.5 Å². The quantitative estimate of drug-likeness (QED) is 0.362. The number of ether oxygens (including phenoxy) is 1. The first-order valence-corrected chi connectivity index (χ1v) is 13.4. The van der Waals surface area contributed by atoms with Crippen molar-refractivity contribution in [2.45, 2.75) is 57.3 Å². The number of thiophene rings is 1. The highest BCUT2D eigenvalue weighted by molar-refractivity contribution is 9.10. The second-order valence-corrected chi connectivity index (χ2v) is 10.6. The Balaban J connectivity index is 1.40. The number of fused-ring (bicyclic) bond motifs is 1. The molecule has 1 aliphatic rings. The lowest BCUT2D eigenvalue weighted by atomic mass is 9.96. The SMILES string of the molecule is CCn1c(SCC(=O)Nc2sc3c(c2C#N)CCCC3)nnc1C(C)Oc1ccc(Br)cc1. The molecule has 0 bridgehead atoms. The number of carbonyl (C=O) groups is 1. The number of aromatic nitrogens is 3. The molecular weight excluding hydrogens is 522 g/mol. The van der Waals surface area contributed by atoms with Crippen molar-refractivity contribution in [3.05, 3.63) is 50.6 Å². The van der Waals surface area contributed by atoms with Crippen LogP contribution in [0.4, 0.5) is 5.00 Å². The fourth-order valence-electron chi connectivity index (χ4n) is 3.84. The molecule has 0 fully saturated rings. The van der Waals surface area contributed by atoms with Crippen molar-refractivity contribution in [3.63, 3.8) is 0 Å². The smallest absolute Gasteiger partial charge is 0.235 e. The van der Waals surface area contributed by atoms with Crippen LogP contribution in [-0.4, -0.2) is 26.4 Å². The summed E-state index contributed by atoms with van der Waals surface area (Å²) in [7, 11) is 0. The molecule has 1 unspecified atom stereocenters. The fraction of sp³-hybridized carbons (Fsp3) is 0.391. The van der Waals surface area contributed by atoms with E-state index in [-0.39, 0.29) is 17.8 Å². The summed E-state index contributed by atoms with van der Waals surface area (Å²) in [5.41, 5.74) is 1.75. The van der Waals surface area contributed by atoms with Gasteiger partial charge in [-0.2, -0.15) is 5.26 Å². The van der Waals surface area contributed by atoms with Gasteiger partial charge in [0.1, 0.15) is 16.8 Å². The van der Waals surface area contributed by atoms with Gasteiger partial charge in [-0.1, -0.05) is 27.7 Å². The Morgan fingerprint density at radius 1 is 1.33 bits per heavy atom. The zero-order valence-electron chi connectivity index (χ0n) is 18.4. The molecular formula is C23H24BrN5O2S2. The number of rotatable bonds is 8. The van der Waals surface area contributed by atoms with Crippen LogP contribution in [0.3, 0.4) is 0 Å². The summed E-state index contributed by atoms with van der Waals surface area (Å²) in [6.07, 6.45) is 3.85. The minimum atomic E-state index is -0.294. The lowest BCUT2D eigenvalue weighted by Gasteiger charge is -2.15. The molecule has 1 aromatic carbocycles. The first-order chi connectivity index (χ1) is 16.0. The van der Waals surface area contributed by atoms with E-state index in [4.69, 9.17) is 4.74 Å². The number of aryl methyl sites for hydroxylation is 1. The third kappa shape index (κ3) is 5.42. The van der Waals surface area contributed by atoms with E-state index in [2.05, 4.69) is 37.5 Å². The van der Waals surface area contributed by atoms with Gasteiger partial charge in [0, 0.05) is 15.9 Å². The standard InChI is InChI=1S/C23H24BrN5O2S2/c1-3-29-21(14(2)31-16-10-8-15(24)9-11-16)27-28-23(29)32-13-20(30)26-22-18(12-25)17-6-4-5-7-19(17)33-22/h8-11,14H,3-7,13H2,1-2H3,(H,26,30). The average Bonchev–Trinajstić information content (AvgIpc) is 3.39. The van der Waals surface area contributed by atoms with Gasteiger partial charge in [-0.25, -0.2) is 0 Å². The minimum absolute atomic E-state index is 0.151.